The number of carbonyl (C=O) groups is 1. The van der Waals surface area contributed by atoms with Crippen molar-refractivity contribution in [3.63, 3.8) is 0 Å². The molecule has 2 nitrogen and oxygen atoms in total. The molecule has 2 fully saturated rings. The smallest absolute Gasteiger partial charge is 0.403 e. The van der Waals surface area contributed by atoms with Gasteiger partial charge in [-0.1, -0.05) is 56.0 Å². The van der Waals surface area contributed by atoms with E-state index in [-0.39, 0.29) is 59.0 Å². The van der Waals surface area contributed by atoms with Crippen LogP contribution >= 0.6 is 0 Å². The molecule has 2 aliphatic rings. The number of ether oxygens (including phenoxy) is 1. The standard InChI is InChI=1S/C31H38F12O2/c1-26(28(32,33)34,29(35,36)37)22-12-8-4-7-11-20(13-15-22)23-16-14-21(25(44)45-18-19-9-5-3-6-10-19)17-24(23)27(2,30(38,39)40)31(41,42)43/h3,5-6,9-10,20-24H,4,7-8,11-18H2,1-2H3. The molecule has 0 saturated heterocycles. The molecule has 5 unspecified atom stereocenters. The van der Waals surface area contributed by atoms with E-state index in [4.69, 9.17) is 4.74 Å². The summed E-state index contributed by atoms with van der Waals surface area (Å²) in [6.45, 7) is -0.143. The minimum absolute atomic E-state index is 0.00534. The maximum Gasteiger partial charge on any atom is 0.403 e. The van der Waals surface area contributed by atoms with Crippen LogP contribution in [-0.4, -0.2) is 30.7 Å². The molecule has 0 spiro atoms. The van der Waals surface area contributed by atoms with Crippen LogP contribution in [0.25, 0.3) is 0 Å². The van der Waals surface area contributed by atoms with Crippen LogP contribution in [0.3, 0.4) is 0 Å². The number of esters is 1. The highest BCUT2D eigenvalue weighted by Crippen LogP contribution is 2.63. The van der Waals surface area contributed by atoms with E-state index in [1.165, 1.54) is 0 Å². The molecule has 1 aromatic rings. The second kappa shape index (κ2) is 13.5. The van der Waals surface area contributed by atoms with Crippen molar-refractivity contribution in [3.05, 3.63) is 35.9 Å². The Morgan fingerprint density at radius 1 is 0.667 bits per heavy atom. The van der Waals surface area contributed by atoms with Crippen LogP contribution in [0.4, 0.5) is 52.7 Å². The second-order valence-electron chi connectivity index (χ2n) is 12.9. The summed E-state index contributed by atoms with van der Waals surface area (Å²) in [6, 6.07) is 8.22. The summed E-state index contributed by atoms with van der Waals surface area (Å²) in [6.07, 6.45) is -25.3. The molecule has 2 saturated carbocycles. The fourth-order valence-electron chi connectivity index (χ4n) is 7.37. The van der Waals surface area contributed by atoms with Crippen LogP contribution in [-0.2, 0) is 16.1 Å². The topological polar surface area (TPSA) is 26.3 Å². The van der Waals surface area contributed by atoms with E-state index in [1.54, 1.807) is 30.3 Å². The number of hydrogen-bond acceptors (Lipinski definition) is 2. The van der Waals surface area contributed by atoms with Crippen LogP contribution in [0.2, 0.25) is 0 Å². The average Bonchev–Trinajstić information content (AvgIpc) is 3.05. The van der Waals surface area contributed by atoms with Crippen molar-refractivity contribution < 1.29 is 62.2 Å². The van der Waals surface area contributed by atoms with E-state index in [1.807, 2.05) is 0 Å². The Bertz CT molecular complexity index is 1080. The lowest BCUT2D eigenvalue weighted by molar-refractivity contribution is -0.362. The number of rotatable bonds is 6. The van der Waals surface area contributed by atoms with Gasteiger partial charge in [0.1, 0.15) is 6.61 Å². The van der Waals surface area contributed by atoms with Gasteiger partial charge in [-0.05, 0) is 81.6 Å². The number of alkyl halides is 12. The van der Waals surface area contributed by atoms with Gasteiger partial charge >= 0.3 is 30.7 Å². The number of hydrogen-bond donors (Lipinski definition) is 0. The molecular weight excluding hydrogens is 632 g/mol. The van der Waals surface area contributed by atoms with E-state index in [0.29, 0.717) is 5.56 Å². The van der Waals surface area contributed by atoms with Gasteiger partial charge in [0.25, 0.3) is 0 Å². The van der Waals surface area contributed by atoms with Gasteiger partial charge in [0.05, 0.1) is 5.92 Å². The maximum absolute atomic E-state index is 14.4. The van der Waals surface area contributed by atoms with Gasteiger partial charge in [-0.15, -0.1) is 0 Å². The predicted molar refractivity (Wildman–Crippen MR) is 140 cm³/mol. The minimum Gasteiger partial charge on any atom is -0.461 e. The summed E-state index contributed by atoms with van der Waals surface area (Å²) in [5.41, 5.74) is -7.83. The molecule has 0 aromatic heterocycles. The first-order valence-corrected chi connectivity index (χ1v) is 15.0. The fourth-order valence-corrected chi connectivity index (χ4v) is 7.37. The summed E-state index contributed by atoms with van der Waals surface area (Å²) >= 11 is 0. The predicted octanol–water partition coefficient (Wildman–Crippen LogP) is 11.0. The van der Waals surface area contributed by atoms with Crippen molar-refractivity contribution in [2.24, 2.45) is 40.4 Å². The number of halogens is 12. The maximum atomic E-state index is 14.4. The normalized spacial score (nSPS) is 26.8. The third-order valence-electron chi connectivity index (χ3n) is 10.5. The van der Waals surface area contributed by atoms with Crippen LogP contribution in [0, 0.1) is 40.4 Å². The minimum atomic E-state index is -5.81. The summed E-state index contributed by atoms with van der Waals surface area (Å²) in [5, 5.41) is 0. The van der Waals surface area contributed by atoms with Crippen molar-refractivity contribution in [1.82, 2.24) is 0 Å². The lowest BCUT2D eigenvalue weighted by Crippen LogP contribution is -2.57. The SMILES string of the molecule is CC(C1CCCCCC(C2CCC(C(=O)OCc3ccccc3)CC2C(C)(C(F)(F)F)C(F)(F)F)CC1)(C(F)(F)F)C(F)(F)F. The Kier molecular flexibility index (Phi) is 11.2. The van der Waals surface area contributed by atoms with Crippen molar-refractivity contribution >= 4 is 5.97 Å². The van der Waals surface area contributed by atoms with Gasteiger partial charge in [0.2, 0.25) is 0 Å². The first kappa shape index (κ1) is 37.3. The molecule has 0 radical (unpaired) electrons. The highest BCUT2D eigenvalue weighted by atomic mass is 19.4. The Morgan fingerprint density at radius 2 is 1.20 bits per heavy atom. The van der Waals surface area contributed by atoms with Crippen molar-refractivity contribution in [2.75, 3.05) is 0 Å². The molecule has 0 N–H and O–H groups in total. The zero-order chi connectivity index (χ0) is 34.1. The van der Waals surface area contributed by atoms with Crippen LogP contribution in [0.1, 0.15) is 83.6 Å². The molecule has 0 amide bonds. The zero-order valence-corrected chi connectivity index (χ0v) is 24.9. The molecule has 0 bridgehead atoms. The third-order valence-corrected chi connectivity index (χ3v) is 10.5. The Hall–Kier alpha value is -2.15. The van der Waals surface area contributed by atoms with E-state index >= 15 is 0 Å². The monoisotopic (exact) mass is 670 g/mol. The van der Waals surface area contributed by atoms with Crippen LogP contribution in [0.5, 0.6) is 0 Å². The molecule has 2 aliphatic carbocycles. The lowest BCUT2D eigenvalue weighted by atomic mass is 9.57. The summed E-state index contributed by atoms with van der Waals surface area (Å²) < 4.78 is 175. The zero-order valence-electron chi connectivity index (χ0n) is 24.9. The summed E-state index contributed by atoms with van der Waals surface area (Å²) in [5.74, 6) is -8.79. The molecule has 0 heterocycles. The average molecular weight is 671 g/mol. The molecular formula is C31H38F12O2. The van der Waals surface area contributed by atoms with E-state index in [2.05, 4.69) is 0 Å². The van der Waals surface area contributed by atoms with Gasteiger partial charge in [-0.2, -0.15) is 52.7 Å². The molecule has 3 rings (SSSR count). The van der Waals surface area contributed by atoms with E-state index < -0.39 is 96.8 Å². The molecule has 5 atom stereocenters. The molecule has 258 valence electrons. The van der Waals surface area contributed by atoms with Gasteiger partial charge < -0.3 is 4.74 Å². The van der Waals surface area contributed by atoms with Crippen LogP contribution in [0.15, 0.2) is 30.3 Å². The fraction of sp³-hybridized carbons (Fsp3) is 0.774. The lowest BCUT2D eigenvalue weighted by Gasteiger charge is -2.50. The first-order chi connectivity index (χ1) is 20.6. The van der Waals surface area contributed by atoms with Gasteiger partial charge in [-0.25, -0.2) is 0 Å². The third kappa shape index (κ3) is 7.71. The Morgan fingerprint density at radius 3 is 1.73 bits per heavy atom. The molecule has 45 heavy (non-hydrogen) atoms. The number of carbonyl (C=O) groups excluding carboxylic acids is 1. The van der Waals surface area contributed by atoms with Gasteiger partial charge in [0, 0.05) is 0 Å². The van der Waals surface area contributed by atoms with Gasteiger partial charge in [0.15, 0.2) is 10.8 Å². The second-order valence-corrected chi connectivity index (χ2v) is 12.9. The Balaban J connectivity index is 1.97. The summed E-state index contributed by atoms with van der Waals surface area (Å²) in [7, 11) is 0. The highest BCUT2D eigenvalue weighted by Gasteiger charge is 2.73. The first-order valence-electron chi connectivity index (χ1n) is 15.0. The molecule has 1 aromatic carbocycles. The molecule has 0 aliphatic heterocycles. The summed E-state index contributed by atoms with van der Waals surface area (Å²) in [4.78, 5) is 12.9. The molecule has 14 heteroatoms. The quantitative estimate of drug-likeness (QED) is 0.222. The Labute approximate surface area is 254 Å². The largest absolute Gasteiger partial charge is 0.461 e. The van der Waals surface area contributed by atoms with Crippen molar-refractivity contribution in [3.8, 4) is 0 Å². The van der Waals surface area contributed by atoms with E-state index in [9.17, 15) is 57.5 Å². The number of benzene rings is 1. The van der Waals surface area contributed by atoms with Crippen molar-refractivity contribution in [2.45, 2.75) is 109 Å². The van der Waals surface area contributed by atoms with E-state index in [0.717, 1.165) is 0 Å². The van der Waals surface area contributed by atoms with Crippen LogP contribution < -0.4 is 0 Å². The highest BCUT2D eigenvalue weighted by molar-refractivity contribution is 5.72. The van der Waals surface area contributed by atoms with Gasteiger partial charge in [-0.3, -0.25) is 4.79 Å². The van der Waals surface area contributed by atoms with Crippen molar-refractivity contribution in [1.29, 1.82) is 0 Å².